The molecule has 1 rings (SSSR count). The minimum absolute atomic E-state index is 0.0400. The number of hydrogen-bond acceptors (Lipinski definition) is 2. The summed E-state index contributed by atoms with van der Waals surface area (Å²) in [5.41, 5.74) is 1.58. The van der Waals surface area contributed by atoms with Crippen molar-refractivity contribution in [3.8, 4) is 0 Å². The Kier molecular flexibility index (Phi) is 4.80. The number of carbonyl (C=O) groups excluding carboxylic acids is 1. The van der Waals surface area contributed by atoms with Gasteiger partial charge in [-0.05, 0) is 20.3 Å². The predicted octanol–water partition coefficient (Wildman–Crippen LogP) is 1.82. The van der Waals surface area contributed by atoms with E-state index in [1.807, 2.05) is 20.9 Å². The average molecular weight is 244 g/mol. The highest BCUT2D eigenvalue weighted by atomic mass is 35.5. The molecule has 0 aliphatic carbocycles. The van der Waals surface area contributed by atoms with Gasteiger partial charge >= 0.3 is 0 Å². The van der Waals surface area contributed by atoms with E-state index in [0.717, 1.165) is 12.1 Å². The molecular weight excluding hydrogens is 226 g/mol. The first kappa shape index (κ1) is 13.0. The smallest absolute Gasteiger partial charge is 0.257 e. The third-order valence-electron chi connectivity index (χ3n) is 2.70. The molecule has 90 valence electrons. The molecule has 0 N–H and O–H groups in total. The van der Waals surface area contributed by atoms with Gasteiger partial charge in [-0.2, -0.15) is 5.10 Å². The topological polar surface area (TPSA) is 38.1 Å². The van der Waals surface area contributed by atoms with Crippen LogP contribution in [0.4, 0.5) is 0 Å². The maximum atomic E-state index is 12.1. The summed E-state index contributed by atoms with van der Waals surface area (Å²) in [5.74, 6) is 0.619. The molecule has 1 heterocycles. The number of nitrogens with zero attached hydrogens (tertiary/aromatic N) is 3. The highest BCUT2D eigenvalue weighted by Crippen LogP contribution is 2.10. The molecule has 0 aliphatic rings. The van der Waals surface area contributed by atoms with Crippen molar-refractivity contribution in [3.05, 3.63) is 17.5 Å². The molecule has 1 aromatic rings. The Hall–Kier alpha value is -1.03. The van der Waals surface area contributed by atoms with Gasteiger partial charge in [-0.25, -0.2) is 0 Å². The molecule has 5 heteroatoms. The quantitative estimate of drug-likeness (QED) is 0.740. The number of alkyl halides is 1. The lowest BCUT2D eigenvalue weighted by atomic mass is 10.2. The van der Waals surface area contributed by atoms with E-state index in [1.54, 1.807) is 15.8 Å². The van der Waals surface area contributed by atoms with E-state index in [1.165, 1.54) is 0 Å². The average Bonchev–Trinajstić information content (AvgIpc) is 2.60. The molecule has 0 atom stereocenters. The molecule has 0 saturated carbocycles. The van der Waals surface area contributed by atoms with Crippen LogP contribution < -0.4 is 0 Å². The van der Waals surface area contributed by atoms with Crippen molar-refractivity contribution in [1.82, 2.24) is 14.7 Å². The molecule has 4 nitrogen and oxygen atoms in total. The first-order valence-electron chi connectivity index (χ1n) is 5.45. The van der Waals surface area contributed by atoms with Crippen LogP contribution in [0.1, 0.15) is 29.4 Å². The molecule has 1 aromatic heterocycles. The number of aromatic nitrogens is 2. The van der Waals surface area contributed by atoms with Crippen LogP contribution in [0.25, 0.3) is 0 Å². The Morgan fingerprint density at radius 3 is 2.75 bits per heavy atom. The zero-order valence-corrected chi connectivity index (χ0v) is 10.8. The fourth-order valence-electron chi connectivity index (χ4n) is 1.53. The van der Waals surface area contributed by atoms with Crippen LogP contribution in [0.3, 0.4) is 0 Å². The monoisotopic (exact) mass is 243 g/mol. The van der Waals surface area contributed by atoms with Gasteiger partial charge in [0, 0.05) is 31.7 Å². The summed E-state index contributed by atoms with van der Waals surface area (Å²) in [7, 11) is 1.83. The second kappa shape index (κ2) is 5.89. The number of carbonyl (C=O) groups is 1. The van der Waals surface area contributed by atoms with Gasteiger partial charge in [0.25, 0.3) is 5.91 Å². The molecule has 0 saturated heterocycles. The van der Waals surface area contributed by atoms with Crippen molar-refractivity contribution < 1.29 is 4.79 Å². The summed E-state index contributed by atoms with van der Waals surface area (Å²) < 4.78 is 1.71. The third-order valence-corrected chi connectivity index (χ3v) is 2.96. The van der Waals surface area contributed by atoms with E-state index >= 15 is 0 Å². The van der Waals surface area contributed by atoms with Crippen molar-refractivity contribution in [2.24, 2.45) is 7.05 Å². The van der Waals surface area contributed by atoms with Crippen LogP contribution in [0.5, 0.6) is 0 Å². The second-order valence-electron chi connectivity index (χ2n) is 3.69. The summed E-state index contributed by atoms with van der Waals surface area (Å²) in [5, 5.41) is 4.08. The van der Waals surface area contributed by atoms with Crippen molar-refractivity contribution in [1.29, 1.82) is 0 Å². The molecule has 0 radical (unpaired) electrons. The standard InChI is InChI=1S/C11H18ClN3O/c1-4-15(7-5-6-12)11(16)10-8-13-14(3)9(10)2/h8H,4-7H2,1-3H3. The van der Waals surface area contributed by atoms with Gasteiger partial charge in [-0.1, -0.05) is 0 Å². The van der Waals surface area contributed by atoms with E-state index in [9.17, 15) is 4.79 Å². The zero-order chi connectivity index (χ0) is 12.1. The number of amides is 1. The molecule has 16 heavy (non-hydrogen) atoms. The summed E-state index contributed by atoms with van der Waals surface area (Å²) in [6.45, 7) is 5.27. The largest absolute Gasteiger partial charge is 0.339 e. The van der Waals surface area contributed by atoms with Gasteiger partial charge in [-0.3, -0.25) is 9.48 Å². The minimum Gasteiger partial charge on any atom is -0.339 e. The van der Waals surface area contributed by atoms with Gasteiger partial charge in [-0.15, -0.1) is 11.6 Å². The Morgan fingerprint density at radius 1 is 1.62 bits per heavy atom. The van der Waals surface area contributed by atoms with E-state index in [-0.39, 0.29) is 5.91 Å². The maximum Gasteiger partial charge on any atom is 0.257 e. The van der Waals surface area contributed by atoms with Crippen LogP contribution in [0.2, 0.25) is 0 Å². The van der Waals surface area contributed by atoms with Crippen LogP contribution in [0, 0.1) is 6.92 Å². The maximum absolute atomic E-state index is 12.1. The normalized spacial score (nSPS) is 10.5. The highest BCUT2D eigenvalue weighted by Gasteiger charge is 2.18. The molecule has 0 fully saturated rings. The summed E-state index contributed by atoms with van der Waals surface area (Å²) in [6.07, 6.45) is 2.45. The molecule has 0 aliphatic heterocycles. The Bertz CT molecular complexity index is 362. The Balaban J connectivity index is 2.79. The minimum atomic E-state index is 0.0400. The lowest BCUT2D eigenvalue weighted by Gasteiger charge is -2.20. The SMILES string of the molecule is CCN(CCCCl)C(=O)c1cnn(C)c1C. The van der Waals surface area contributed by atoms with Crippen LogP contribution in [-0.2, 0) is 7.05 Å². The molecule has 0 spiro atoms. The van der Waals surface area contributed by atoms with E-state index in [0.29, 0.717) is 24.5 Å². The van der Waals surface area contributed by atoms with Gasteiger partial charge in [0.2, 0.25) is 0 Å². The first-order chi connectivity index (χ1) is 7.61. The van der Waals surface area contributed by atoms with Gasteiger partial charge in [0.15, 0.2) is 0 Å². The van der Waals surface area contributed by atoms with Gasteiger partial charge < -0.3 is 4.90 Å². The fourth-order valence-corrected chi connectivity index (χ4v) is 1.65. The Morgan fingerprint density at radius 2 is 2.31 bits per heavy atom. The van der Waals surface area contributed by atoms with Crippen molar-refractivity contribution >= 4 is 17.5 Å². The highest BCUT2D eigenvalue weighted by molar-refractivity contribution is 6.17. The molecular formula is C11H18ClN3O. The van der Waals surface area contributed by atoms with Crippen LogP contribution >= 0.6 is 11.6 Å². The number of aryl methyl sites for hydroxylation is 1. The van der Waals surface area contributed by atoms with E-state index in [4.69, 9.17) is 11.6 Å². The number of halogens is 1. The van der Waals surface area contributed by atoms with Crippen molar-refractivity contribution in [2.75, 3.05) is 19.0 Å². The number of hydrogen-bond donors (Lipinski definition) is 0. The molecule has 0 unspecified atom stereocenters. The molecule has 1 amide bonds. The summed E-state index contributed by atoms with van der Waals surface area (Å²) in [6, 6.07) is 0. The Labute approximate surface area is 101 Å². The summed E-state index contributed by atoms with van der Waals surface area (Å²) in [4.78, 5) is 13.9. The van der Waals surface area contributed by atoms with Crippen LogP contribution in [0.15, 0.2) is 6.20 Å². The van der Waals surface area contributed by atoms with Gasteiger partial charge in [0.05, 0.1) is 11.8 Å². The van der Waals surface area contributed by atoms with Crippen molar-refractivity contribution in [3.63, 3.8) is 0 Å². The van der Waals surface area contributed by atoms with E-state index in [2.05, 4.69) is 5.10 Å². The molecule has 0 bridgehead atoms. The second-order valence-corrected chi connectivity index (χ2v) is 4.07. The van der Waals surface area contributed by atoms with Crippen LogP contribution in [-0.4, -0.2) is 39.6 Å². The number of rotatable bonds is 5. The fraction of sp³-hybridized carbons (Fsp3) is 0.636. The first-order valence-corrected chi connectivity index (χ1v) is 5.99. The molecule has 0 aromatic carbocycles. The third kappa shape index (κ3) is 2.76. The summed E-state index contributed by atoms with van der Waals surface area (Å²) >= 11 is 5.63. The lowest BCUT2D eigenvalue weighted by molar-refractivity contribution is 0.0764. The van der Waals surface area contributed by atoms with Gasteiger partial charge in [0.1, 0.15) is 0 Å². The predicted molar refractivity (Wildman–Crippen MR) is 64.9 cm³/mol. The lowest BCUT2D eigenvalue weighted by Crippen LogP contribution is -2.32. The van der Waals surface area contributed by atoms with Crippen molar-refractivity contribution in [2.45, 2.75) is 20.3 Å². The van der Waals surface area contributed by atoms with E-state index < -0.39 is 0 Å². The zero-order valence-electron chi connectivity index (χ0n) is 10.0.